The zero-order valence-corrected chi connectivity index (χ0v) is 20.5. The summed E-state index contributed by atoms with van der Waals surface area (Å²) in [4.78, 5) is 13.2. The highest BCUT2D eigenvalue weighted by molar-refractivity contribution is 5.87. The van der Waals surface area contributed by atoms with E-state index in [0.717, 1.165) is 44.6 Å². The number of aromatic nitrogens is 3. The number of halogens is 2. The highest BCUT2D eigenvalue weighted by Gasteiger charge is 2.58. The third kappa shape index (κ3) is 3.93. The van der Waals surface area contributed by atoms with Gasteiger partial charge >= 0.3 is 0 Å². The lowest BCUT2D eigenvalue weighted by molar-refractivity contribution is -0.129. The van der Waals surface area contributed by atoms with Gasteiger partial charge in [0.25, 0.3) is 0 Å². The number of carbonyl (C=O) groups is 1. The molecule has 2 saturated carbocycles. The molecule has 0 unspecified atom stereocenters. The quantitative estimate of drug-likeness (QED) is 0.471. The Morgan fingerprint density at radius 1 is 1.14 bits per heavy atom. The molecule has 3 aliphatic rings. The van der Waals surface area contributed by atoms with E-state index in [1.807, 2.05) is 6.07 Å². The topological polar surface area (TPSA) is 68.0 Å². The fraction of sp³-hybridized carbons (Fsp3) is 0.483. The van der Waals surface area contributed by atoms with Gasteiger partial charge in [0.2, 0.25) is 0 Å². The van der Waals surface area contributed by atoms with Crippen LogP contribution in [0.4, 0.5) is 8.78 Å². The Hall–Kier alpha value is -3.09. The third-order valence-corrected chi connectivity index (χ3v) is 9.21. The van der Waals surface area contributed by atoms with Crippen LogP contribution in [0, 0.1) is 34.8 Å². The highest BCUT2D eigenvalue weighted by atomic mass is 19.1. The van der Waals surface area contributed by atoms with Gasteiger partial charge in [0.05, 0.1) is 6.20 Å². The zero-order chi connectivity index (χ0) is 25.0. The number of benzene rings is 2. The Morgan fingerprint density at radius 3 is 2.75 bits per heavy atom. The van der Waals surface area contributed by atoms with Crippen molar-refractivity contribution in [1.29, 1.82) is 0 Å². The molecular weight excluding hydrogens is 460 g/mol. The molecule has 1 aromatic heterocycles. The van der Waals surface area contributed by atoms with Gasteiger partial charge in [0.1, 0.15) is 28.9 Å². The molecule has 3 aliphatic carbocycles. The lowest BCUT2D eigenvalue weighted by Crippen LogP contribution is -2.44. The summed E-state index contributed by atoms with van der Waals surface area (Å²) >= 11 is 0. The van der Waals surface area contributed by atoms with Crippen molar-refractivity contribution in [3.63, 3.8) is 0 Å². The number of rotatable bonds is 5. The SMILES string of the molecule is C[C@]12CC[C@@H]3c4ccc(O)cc4CC[C@H]3[C@@H]1[C@H](CCCn1cc(-c3cc(F)cc(F)c3)nn1)CC2=O. The Kier molecular flexibility index (Phi) is 5.69. The van der Waals surface area contributed by atoms with E-state index in [0.29, 0.717) is 59.4 Å². The van der Waals surface area contributed by atoms with Crippen molar-refractivity contribution in [3.8, 4) is 17.0 Å². The fourth-order valence-electron chi connectivity index (χ4n) is 7.65. The Morgan fingerprint density at radius 2 is 1.94 bits per heavy atom. The number of aromatic hydroxyl groups is 1. The largest absolute Gasteiger partial charge is 0.508 e. The summed E-state index contributed by atoms with van der Waals surface area (Å²) in [7, 11) is 0. The predicted molar refractivity (Wildman–Crippen MR) is 131 cm³/mol. The zero-order valence-electron chi connectivity index (χ0n) is 20.5. The van der Waals surface area contributed by atoms with Gasteiger partial charge < -0.3 is 5.11 Å². The first kappa shape index (κ1) is 23.3. The number of phenols is 1. The molecule has 0 amide bonds. The van der Waals surface area contributed by atoms with E-state index >= 15 is 0 Å². The van der Waals surface area contributed by atoms with Gasteiger partial charge in [-0.3, -0.25) is 9.48 Å². The monoisotopic (exact) mass is 491 g/mol. The van der Waals surface area contributed by atoms with Crippen LogP contribution in [0.3, 0.4) is 0 Å². The minimum absolute atomic E-state index is 0.234. The molecular formula is C29H31F2N3O2. The van der Waals surface area contributed by atoms with Crippen LogP contribution in [0.25, 0.3) is 11.3 Å². The predicted octanol–water partition coefficient (Wildman–Crippen LogP) is 6.06. The first-order chi connectivity index (χ1) is 17.3. The number of Topliss-reactive ketones (excluding diaryl/α,β-unsaturated/α-hetero) is 1. The van der Waals surface area contributed by atoms with Crippen LogP contribution in [0.15, 0.2) is 42.6 Å². The third-order valence-electron chi connectivity index (χ3n) is 9.21. The van der Waals surface area contributed by atoms with Crippen molar-refractivity contribution in [2.45, 2.75) is 64.3 Å². The van der Waals surface area contributed by atoms with Crippen molar-refractivity contribution < 1.29 is 18.7 Å². The Balaban J connectivity index is 1.16. The minimum atomic E-state index is -0.638. The van der Waals surface area contributed by atoms with Gasteiger partial charge in [-0.25, -0.2) is 8.78 Å². The number of aryl methyl sites for hydroxylation is 2. The van der Waals surface area contributed by atoms with Crippen molar-refractivity contribution >= 4 is 5.78 Å². The molecule has 1 N–H and O–H groups in total. The molecule has 6 rings (SSSR count). The molecule has 0 saturated heterocycles. The van der Waals surface area contributed by atoms with Gasteiger partial charge in [0.15, 0.2) is 0 Å². The normalized spacial score (nSPS) is 29.0. The minimum Gasteiger partial charge on any atom is -0.508 e. The second-order valence-electron chi connectivity index (χ2n) is 11.2. The summed E-state index contributed by atoms with van der Waals surface area (Å²) in [5, 5.41) is 18.2. The van der Waals surface area contributed by atoms with E-state index in [1.165, 1.54) is 23.3 Å². The molecule has 7 heteroatoms. The molecule has 0 aliphatic heterocycles. The summed E-state index contributed by atoms with van der Waals surface area (Å²) in [6, 6.07) is 9.17. The van der Waals surface area contributed by atoms with Crippen LogP contribution in [0.1, 0.15) is 62.5 Å². The summed E-state index contributed by atoms with van der Waals surface area (Å²) in [5.41, 5.74) is 3.21. The first-order valence-corrected chi connectivity index (χ1v) is 13.0. The molecule has 0 radical (unpaired) electrons. The average molecular weight is 492 g/mol. The molecule has 1 heterocycles. The molecule has 5 atom stereocenters. The lowest BCUT2D eigenvalue weighted by Gasteiger charge is -2.50. The summed E-state index contributed by atoms with van der Waals surface area (Å²) in [6.07, 6.45) is 8.19. The van der Waals surface area contributed by atoms with Gasteiger partial charge in [0, 0.05) is 30.0 Å². The van der Waals surface area contributed by atoms with Gasteiger partial charge in [-0.2, -0.15) is 0 Å². The molecule has 3 aromatic rings. The summed E-state index contributed by atoms with van der Waals surface area (Å²) in [6.45, 7) is 2.85. The second-order valence-corrected chi connectivity index (χ2v) is 11.2. The Bertz CT molecular complexity index is 1300. The van der Waals surface area contributed by atoms with Crippen LogP contribution >= 0.6 is 0 Å². The van der Waals surface area contributed by atoms with Crippen LogP contribution < -0.4 is 0 Å². The average Bonchev–Trinajstić information content (AvgIpc) is 3.41. The van der Waals surface area contributed by atoms with Crippen molar-refractivity contribution in [3.05, 3.63) is 65.4 Å². The Labute approximate surface area is 209 Å². The fourth-order valence-corrected chi connectivity index (χ4v) is 7.65. The highest BCUT2D eigenvalue weighted by Crippen LogP contribution is 2.62. The number of phenolic OH excluding ortho intramolecular Hbond substituents is 1. The van der Waals surface area contributed by atoms with E-state index in [1.54, 1.807) is 16.9 Å². The van der Waals surface area contributed by atoms with Crippen LogP contribution in [0.2, 0.25) is 0 Å². The molecule has 5 nitrogen and oxygen atoms in total. The first-order valence-electron chi connectivity index (χ1n) is 13.0. The van der Waals surface area contributed by atoms with E-state index in [9.17, 15) is 18.7 Å². The van der Waals surface area contributed by atoms with Crippen LogP contribution in [0.5, 0.6) is 5.75 Å². The van der Waals surface area contributed by atoms with Crippen molar-refractivity contribution in [1.82, 2.24) is 15.0 Å². The van der Waals surface area contributed by atoms with E-state index < -0.39 is 11.6 Å². The maximum absolute atomic E-state index is 13.6. The summed E-state index contributed by atoms with van der Waals surface area (Å²) in [5.74, 6) is 1.18. The number of hydrogen-bond donors (Lipinski definition) is 1. The van der Waals surface area contributed by atoms with Gasteiger partial charge in [-0.15, -0.1) is 5.10 Å². The summed E-state index contributed by atoms with van der Waals surface area (Å²) < 4.78 is 28.9. The molecule has 0 bridgehead atoms. The van der Waals surface area contributed by atoms with Crippen molar-refractivity contribution in [2.75, 3.05) is 0 Å². The molecule has 0 spiro atoms. The van der Waals surface area contributed by atoms with E-state index in [-0.39, 0.29) is 5.41 Å². The second kappa shape index (κ2) is 8.79. The number of nitrogens with zero attached hydrogens (tertiary/aromatic N) is 3. The van der Waals surface area contributed by atoms with Gasteiger partial charge in [-0.05, 0) is 97.6 Å². The van der Waals surface area contributed by atoms with Crippen LogP contribution in [-0.4, -0.2) is 25.9 Å². The maximum atomic E-state index is 13.6. The number of fused-ring (bicyclic) bond motifs is 5. The molecule has 36 heavy (non-hydrogen) atoms. The molecule has 188 valence electrons. The number of carbonyl (C=O) groups excluding carboxylic acids is 1. The van der Waals surface area contributed by atoms with Crippen LogP contribution in [-0.2, 0) is 17.8 Å². The molecule has 2 aromatic carbocycles. The standard InChI is InChI=1S/C29H31F2N3O2/c1-29-9-8-24-23-7-5-22(35)13-17(23)4-6-25(24)28(29)18(14-27(29)36)3-2-10-34-16-26(32-33-34)19-11-20(30)15-21(31)12-19/h5,7,11-13,15-16,18,24-25,28,35H,2-4,6,8-10,14H2,1H3/t18-,24-,25-,28+,29-/m1/s1. The van der Waals surface area contributed by atoms with E-state index in [2.05, 4.69) is 23.3 Å². The van der Waals surface area contributed by atoms with E-state index in [4.69, 9.17) is 0 Å². The lowest BCUT2D eigenvalue weighted by atomic mass is 9.54. The maximum Gasteiger partial charge on any atom is 0.139 e. The van der Waals surface area contributed by atoms with Crippen molar-refractivity contribution in [2.24, 2.45) is 23.2 Å². The smallest absolute Gasteiger partial charge is 0.139 e. The van der Waals surface area contributed by atoms with Gasteiger partial charge in [-0.1, -0.05) is 18.2 Å². The molecule has 2 fully saturated rings. The number of ketones is 1. The number of hydrogen-bond acceptors (Lipinski definition) is 4.